The Morgan fingerprint density at radius 2 is 2.11 bits per heavy atom. The summed E-state index contributed by atoms with van der Waals surface area (Å²) in [5, 5.41) is 4.48. The van der Waals surface area contributed by atoms with Gasteiger partial charge in [-0.15, -0.1) is 0 Å². The Balaban J connectivity index is 2.89. The summed E-state index contributed by atoms with van der Waals surface area (Å²) in [7, 11) is 0. The smallest absolute Gasteiger partial charge is 0.167 e. The van der Waals surface area contributed by atoms with E-state index in [0.717, 1.165) is 28.8 Å². The van der Waals surface area contributed by atoms with Gasteiger partial charge in [0.25, 0.3) is 0 Å². The fraction of sp³-hybridized carbons (Fsp3) is 0.692. The quantitative estimate of drug-likeness (QED) is 0.777. The third-order valence-corrected chi connectivity index (χ3v) is 3.82. The average molecular weight is 317 g/mol. The van der Waals surface area contributed by atoms with Crippen LogP contribution in [0.25, 0.3) is 0 Å². The summed E-state index contributed by atoms with van der Waals surface area (Å²) in [5.74, 6) is 0.0924. The van der Waals surface area contributed by atoms with E-state index in [1.807, 2.05) is 18.5 Å². The zero-order valence-electron chi connectivity index (χ0n) is 11.5. The second kappa shape index (κ2) is 7.04. The van der Waals surface area contributed by atoms with E-state index in [-0.39, 0.29) is 11.9 Å². The molecular formula is C13H21BrN2O2. The number of halogens is 1. The van der Waals surface area contributed by atoms with Gasteiger partial charge in [0.1, 0.15) is 6.10 Å². The molecule has 0 amide bonds. The fourth-order valence-electron chi connectivity index (χ4n) is 1.84. The van der Waals surface area contributed by atoms with Crippen molar-refractivity contribution in [3.05, 3.63) is 15.9 Å². The molecule has 5 heteroatoms. The normalized spacial score (nSPS) is 12.7. The van der Waals surface area contributed by atoms with Crippen LogP contribution in [0.15, 0.2) is 4.47 Å². The molecular weight excluding hydrogens is 296 g/mol. The number of rotatable bonds is 7. The number of carbonyl (C=O) groups excluding carboxylic acids is 1. The Morgan fingerprint density at radius 1 is 1.44 bits per heavy atom. The van der Waals surface area contributed by atoms with Gasteiger partial charge in [-0.05, 0) is 43.1 Å². The van der Waals surface area contributed by atoms with E-state index in [2.05, 4.69) is 28.0 Å². The summed E-state index contributed by atoms with van der Waals surface area (Å²) < 4.78 is 8.18. The van der Waals surface area contributed by atoms with E-state index < -0.39 is 0 Å². The molecule has 18 heavy (non-hydrogen) atoms. The van der Waals surface area contributed by atoms with Gasteiger partial charge in [0, 0.05) is 13.2 Å². The van der Waals surface area contributed by atoms with Crippen molar-refractivity contribution in [1.82, 2.24) is 9.78 Å². The maximum atomic E-state index is 12.0. The first-order chi connectivity index (χ1) is 8.54. The van der Waals surface area contributed by atoms with Crippen LogP contribution in [0.5, 0.6) is 0 Å². The first kappa shape index (κ1) is 15.4. The molecule has 0 radical (unpaired) electrons. The predicted molar refractivity (Wildman–Crippen MR) is 74.8 cm³/mol. The Labute approximate surface area is 117 Å². The van der Waals surface area contributed by atoms with Crippen LogP contribution in [0, 0.1) is 0 Å². The van der Waals surface area contributed by atoms with Crippen LogP contribution in [0.2, 0.25) is 0 Å². The van der Waals surface area contributed by atoms with Gasteiger partial charge in [-0.25, -0.2) is 0 Å². The number of nitrogens with zero attached hydrogens (tertiary/aromatic N) is 2. The number of carbonyl (C=O) groups is 1. The van der Waals surface area contributed by atoms with Crippen molar-refractivity contribution in [1.29, 1.82) is 0 Å². The summed E-state index contributed by atoms with van der Waals surface area (Å²) in [6.45, 7) is 9.10. The van der Waals surface area contributed by atoms with Gasteiger partial charge in [0.2, 0.25) is 0 Å². The van der Waals surface area contributed by atoms with Crippen molar-refractivity contribution in [2.45, 2.75) is 53.2 Å². The molecule has 1 aromatic heterocycles. The summed E-state index contributed by atoms with van der Waals surface area (Å²) in [5.41, 5.74) is 1.95. The highest BCUT2D eigenvalue weighted by Crippen LogP contribution is 2.23. The van der Waals surface area contributed by atoms with Crippen LogP contribution in [-0.4, -0.2) is 28.3 Å². The molecule has 4 nitrogen and oxygen atoms in total. The fourth-order valence-corrected chi connectivity index (χ4v) is 2.54. The second-order valence-electron chi connectivity index (χ2n) is 4.12. The summed E-state index contributed by atoms with van der Waals surface area (Å²) in [4.78, 5) is 12.0. The van der Waals surface area contributed by atoms with Crippen molar-refractivity contribution in [2.75, 3.05) is 6.61 Å². The van der Waals surface area contributed by atoms with E-state index >= 15 is 0 Å². The van der Waals surface area contributed by atoms with Gasteiger partial charge in [-0.3, -0.25) is 9.48 Å². The average Bonchev–Trinajstić information content (AvgIpc) is 2.66. The lowest BCUT2D eigenvalue weighted by atomic mass is 10.1. The monoisotopic (exact) mass is 316 g/mol. The van der Waals surface area contributed by atoms with Crippen LogP contribution >= 0.6 is 15.9 Å². The second-order valence-corrected chi connectivity index (χ2v) is 4.91. The number of hydrogen-bond acceptors (Lipinski definition) is 3. The third kappa shape index (κ3) is 3.42. The largest absolute Gasteiger partial charge is 0.371 e. The van der Waals surface area contributed by atoms with Gasteiger partial charge in [0.15, 0.2) is 5.78 Å². The lowest BCUT2D eigenvalue weighted by molar-refractivity contribution is -0.128. The zero-order chi connectivity index (χ0) is 13.7. The number of Topliss-reactive ketones (excluding diaryl/α,β-unsaturated/α-hetero) is 1. The van der Waals surface area contributed by atoms with E-state index in [0.29, 0.717) is 13.0 Å². The number of ether oxygens (including phenoxy) is 1. The zero-order valence-corrected chi connectivity index (χ0v) is 13.1. The topological polar surface area (TPSA) is 44.1 Å². The highest BCUT2D eigenvalue weighted by Gasteiger charge is 2.20. The Bertz CT molecular complexity index is 415. The van der Waals surface area contributed by atoms with E-state index in [9.17, 15) is 4.79 Å². The van der Waals surface area contributed by atoms with Crippen molar-refractivity contribution in [3.8, 4) is 0 Å². The van der Waals surface area contributed by atoms with Gasteiger partial charge in [-0.2, -0.15) is 5.10 Å². The van der Waals surface area contributed by atoms with Gasteiger partial charge >= 0.3 is 0 Å². The minimum absolute atomic E-state index is 0.0924. The molecule has 0 saturated carbocycles. The number of hydrogen-bond donors (Lipinski definition) is 0. The first-order valence-corrected chi connectivity index (χ1v) is 7.22. The molecule has 0 spiro atoms. The maximum absolute atomic E-state index is 12.0. The van der Waals surface area contributed by atoms with E-state index in [4.69, 9.17) is 4.74 Å². The van der Waals surface area contributed by atoms with Crippen LogP contribution in [0.1, 0.15) is 39.1 Å². The minimum atomic E-state index is -0.354. The summed E-state index contributed by atoms with van der Waals surface area (Å²) in [6, 6.07) is 0. The molecule has 1 atom stereocenters. The maximum Gasteiger partial charge on any atom is 0.167 e. The van der Waals surface area contributed by atoms with Crippen molar-refractivity contribution < 1.29 is 9.53 Å². The Hall–Kier alpha value is -0.680. The number of aryl methyl sites for hydroxylation is 2. The molecule has 0 saturated heterocycles. The predicted octanol–water partition coefficient (Wildman–Crippen LogP) is 2.76. The standard InChI is InChI=1S/C13H21BrN2O2/c1-5-10-13(14)11(16(6-2)15-10)8-12(17)9(4)18-7-3/h9H,5-8H2,1-4H3. The first-order valence-electron chi connectivity index (χ1n) is 6.43. The molecule has 0 fully saturated rings. The van der Waals surface area contributed by atoms with Crippen LogP contribution in [0.3, 0.4) is 0 Å². The molecule has 0 aromatic carbocycles. The molecule has 0 aliphatic carbocycles. The molecule has 1 aromatic rings. The molecule has 0 bridgehead atoms. The molecule has 0 aliphatic heterocycles. The molecule has 102 valence electrons. The van der Waals surface area contributed by atoms with Gasteiger partial charge < -0.3 is 4.74 Å². The van der Waals surface area contributed by atoms with Gasteiger partial charge in [-0.1, -0.05) is 6.92 Å². The van der Waals surface area contributed by atoms with Crippen LogP contribution < -0.4 is 0 Å². The molecule has 1 unspecified atom stereocenters. The number of aromatic nitrogens is 2. The van der Waals surface area contributed by atoms with E-state index in [1.54, 1.807) is 6.92 Å². The molecule has 0 aliphatic rings. The van der Waals surface area contributed by atoms with Crippen LogP contribution in [-0.2, 0) is 28.9 Å². The lowest BCUT2D eigenvalue weighted by Crippen LogP contribution is -2.24. The lowest BCUT2D eigenvalue weighted by Gasteiger charge is -2.11. The highest BCUT2D eigenvalue weighted by molar-refractivity contribution is 9.10. The van der Waals surface area contributed by atoms with Gasteiger partial charge in [0.05, 0.1) is 22.3 Å². The van der Waals surface area contributed by atoms with E-state index in [1.165, 1.54) is 0 Å². The number of ketones is 1. The molecule has 1 heterocycles. The van der Waals surface area contributed by atoms with Crippen molar-refractivity contribution in [2.24, 2.45) is 0 Å². The van der Waals surface area contributed by atoms with Crippen LogP contribution in [0.4, 0.5) is 0 Å². The van der Waals surface area contributed by atoms with Crippen molar-refractivity contribution in [3.63, 3.8) is 0 Å². The molecule has 0 N–H and O–H groups in total. The summed E-state index contributed by atoms with van der Waals surface area (Å²) in [6.07, 6.45) is 0.866. The third-order valence-electron chi connectivity index (χ3n) is 2.91. The Morgan fingerprint density at radius 3 is 2.61 bits per heavy atom. The SMILES string of the molecule is CCOC(C)C(=O)Cc1c(Br)c(CC)nn1CC. The highest BCUT2D eigenvalue weighted by atomic mass is 79.9. The minimum Gasteiger partial charge on any atom is -0.371 e. The van der Waals surface area contributed by atoms with Crippen molar-refractivity contribution >= 4 is 21.7 Å². The summed E-state index contributed by atoms with van der Waals surface area (Å²) >= 11 is 3.54. The molecule has 1 rings (SSSR count). The Kier molecular flexibility index (Phi) is 6.02.